The number of carboxylic acids is 2. The molecule has 8 nitrogen and oxygen atoms in total. The second-order valence-corrected chi connectivity index (χ2v) is 10.6. The summed E-state index contributed by atoms with van der Waals surface area (Å²) in [6, 6.07) is 13.0. The van der Waals surface area contributed by atoms with Crippen LogP contribution in [0.3, 0.4) is 0 Å². The van der Waals surface area contributed by atoms with Gasteiger partial charge in [0.1, 0.15) is 12.1 Å². The van der Waals surface area contributed by atoms with Crippen LogP contribution in [0.2, 0.25) is 0 Å². The third-order valence-electron chi connectivity index (χ3n) is 6.01. The maximum Gasteiger partial charge on any atom is 0.327 e. The largest absolute Gasteiger partial charge is 0.480 e. The van der Waals surface area contributed by atoms with Gasteiger partial charge in [-0.2, -0.15) is 0 Å². The van der Waals surface area contributed by atoms with E-state index in [1.165, 1.54) is 27.2 Å². The minimum Gasteiger partial charge on any atom is -0.480 e. The summed E-state index contributed by atoms with van der Waals surface area (Å²) in [6.45, 7) is 7.15. The van der Waals surface area contributed by atoms with Crippen LogP contribution in [0.1, 0.15) is 61.3 Å². The fraction of sp³-hybridized carbons (Fsp3) is 0.385. The second kappa shape index (κ2) is 13.9. The second-order valence-electron chi connectivity index (χ2n) is 8.49. The Hall–Kier alpha value is -2.98. The number of aliphatic carboxylic acids is 2. The van der Waals surface area contributed by atoms with Crippen molar-refractivity contribution in [3.63, 3.8) is 0 Å². The summed E-state index contributed by atoms with van der Waals surface area (Å²) >= 11 is 0. The highest BCUT2D eigenvalue weighted by Crippen LogP contribution is 2.38. The lowest BCUT2D eigenvalue weighted by Gasteiger charge is -2.31. The standard InChI is InChI=1S/C26H32N2O6S2/c1-5-16(3)21(25(31)32)27-23(29)19-14-10-11-15-20(19)24(30)28(22(26(33)34)17(4)6-2)36-35-18-12-8-7-9-13-18/h7-17,21-22H,5-6H2,1-4H3,(H,27,29)(H,31,32)(H,33,34). The monoisotopic (exact) mass is 532 g/mol. The summed E-state index contributed by atoms with van der Waals surface area (Å²) in [4.78, 5) is 51.8. The molecule has 0 bridgehead atoms. The molecule has 4 unspecified atom stereocenters. The molecular formula is C26H32N2O6S2. The van der Waals surface area contributed by atoms with Gasteiger partial charge in [-0.25, -0.2) is 9.59 Å². The summed E-state index contributed by atoms with van der Waals surface area (Å²) in [5.41, 5.74) is -0.0142. The topological polar surface area (TPSA) is 124 Å². The first kappa shape index (κ1) is 29.3. The van der Waals surface area contributed by atoms with Crippen molar-refractivity contribution in [2.75, 3.05) is 0 Å². The van der Waals surface area contributed by atoms with Crippen LogP contribution < -0.4 is 5.32 Å². The summed E-state index contributed by atoms with van der Waals surface area (Å²) in [5.74, 6) is -4.35. The molecule has 2 rings (SSSR count). The predicted octanol–water partition coefficient (Wildman–Crippen LogP) is 5.21. The molecule has 0 aliphatic carbocycles. The first-order valence-electron chi connectivity index (χ1n) is 11.7. The van der Waals surface area contributed by atoms with Gasteiger partial charge in [-0.1, -0.05) is 70.9 Å². The zero-order chi connectivity index (χ0) is 26.8. The van der Waals surface area contributed by atoms with Crippen molar-refractivity contribution < 1.29 is 29.4 Å². The van der Waals surface area contributed by atoms with E-state index in [1.807, 2.05) is 44.2 Å². The molecule has 0 saturated carbocycles. The quantitative estimate of drug-likeness (QED) is 0.237. The maximum atomic E-state index is 13.8. The van der Waals surface area contributed by atoms with E-state index in [-0.39, 0.29) is 23.0 Å². The van der Waals surface area contributed by atoms with Gasteiger partial charge in [0.2, 0.25) is 0 Å². The molecule has 4 atom stereocenters. The lowest BCUT2D eigenvalue weighted by atomic mass is 9.97. The van der Waals surface area contributed by atoms with Crippen molar-refractivity contribution in [3.05, 3.63) is 65.7 Å². The van der Waals surface area contributed by atoms with Crippen LogP contribution in [-0.2, 0) is 9.59 Å². The van der Waals surface area contributed by atoms with Gasteiger partial charge in [0.05, 0.1) is 11.1 Å². The Labute approximate surface area is 219 Å². The normalized spacial score (nSPS) is 14.2. The maximum absolute atomic E-state index is 13.8. The molecular weight excluding hydrogens is 500 g/mol. The van der Waals surface area contributed by atoms with Gasteiger partial charge in [0.25, 0.3) is 11.8 Å². The Balaban J connectivity index is 2.46. The van der Waals surface area contributed by atoms with Crippen molar-refractivity contribution in [1.82, 2.24) is 9.62 Å². The van der Waals surface area contributed by atoms with Crippen LogP contribution in [0, 0.1) is 11.8 Å². The number of nitrogens with one attached hydrogen (secondary N) is 1. The van der Waals surface area contributed by atoms with E-state index in [0.29, 0.717) is 12.8 Å². The number of hydrogen-bond donors (Lipinski definition) is 3. The van der Waals surface area contributed by atoms with Gasteiger partial charge < -0.3 is 15.5 Å². The molecule has 0 saturated heterocycles. The first-order valence-corrected chi connectivity index (χ1v) is 13.8. The fourth-order valence-corrected chi connectivity index (χ4v) is 5.76. The molecule has 2 aromatic carbocycles. The summed E-state index contributed by atoms with van der Waals surface area (Å²) in [6.07, 6.45) is 1.06. The average Bonchev–Trinajstić information content (AvgIpc) is 2.88. The molecule has 36 heavy (non-hydrogen) atoms. The third kappa shape index (κ3) is 7.51. The van der Waals surface area contributed by atoms with E-state index in [1.54, 1.807) is 26.0 Å². The molecule has 3 N–H and O–H groups in total. The Morgan fingerprint density at radius 3 is 1.92 bits per heavy atom. The van der Waals surface area contributed by atoms with Crippen LogP contribution in [0.4, 0.5) is 0 Å². The number of nitrogens with zero attached hydrogens (tertiary/aromatic N) is 1. The Kier molecular flexibility index (Phi) is 11.3. The molecule has 0 aliphatic rings. The third-order valence-corrected chi connectivity index (χ3v) is 8.39. The highest BCUT2D eigenvalue weighted by molar-refractivity contribution is 8.76. The Morgan fingerprint density at radius 2 is 1.39 bits per heavy atom. The highest BCUT2D eigenvalue weighted by atomic mass is 33.1. The van der Waals surface area contributed by atoms with Gasteiger partial charge in [0.15, 0.2) is 0 Å². The van der Waals surface area contributed by atoms with Crippen LogP contribution in [0.15, 0.2) is 59.5 Å². The van der Waals surface area contributed by atoms with Crippen LogP contribution in [-0.4, -0.2) is 50.4 Å². The number of hydrogen-bond acceptors (Lipinski definition) is 6. The molecule has 0 radical (unpaired) electrons. The number of amides is 2. The zero-order valence-electron chi connectivity index (χ0n) is 20.7. The van der Waals surface area contributed by atoms with Crippen LogP contribution >= 0.6 is 21.8 Å². The minimum absolute atomic E-state index is 0.000921. The molecule has 0 aromatic heterocycles. The molecule has 0 heterocycles. The number of benzene rings is 2. The van der Waals surface area contributed by atoms with Gasteiger partial charge in [0, 0.05) is 15.9 Å². The minimum atomic E-state index is -1.17. The number of carbonyl (C=O) groups excluding carboxylic acids is 2. The van der Waals surface area contributed by atoms with Gasteiger partial charge in [-0.3, -0.25) is 13.9 Å². The smallest absolute Gasteiger partial charge is 0.327 e. The van der Waals surface area contributed by atoms with E-state index < -0.39 is 35.8 Å². The van der Waals surface area contributed by atoms with Crippen molar-refractivity contribution in [2.45, 2.75) is 57.5 Å². The molecule has 10 heteroatoms. The average molecular weight is 533 g/mol. The van der Waals surface area contributed by atoms with E-state index in [0.717, 1.165) is 15.9 Å². The van der Waals surface area contributed by atoms with Gasteiger partial charge >= 0.3 is 11.9 Å². The van der Waals surface area contributed by atoms with E-state index in [2.05, 4.69) is 5.32 Å². The van der Waals surface area contributed by atoms with Crippen molar-refractivity contribution in [3.8, 4) is 0 Å². The fourth-order valence-electron chi connectivity index (χ4n) is 3.45. The van der Waals surface area contributed by atoms with Crippen molar-refractivity contribution in [2.24, 2.45) is 11.8 Å². The molecule has 2 aromatic rings. The molecule has 194 valence electrons. The Bertz CT molecular complexity index is 1070. The SMILES string of the molecule is CCC(C)C(NC(=O)c1ccccc1C(=O)N(SSc1ccccc1)C(C(=O)O)C(C)CC)C(=O)O. The zero-order valence-corrected chi connectivity index (χ0v) is 22.3. The lowest BCUT2D eigenvalue weighted by Crippen LogP contribution is -2.46. The van der Waals surface area contributed by atoms with E-state index in [4.69, 9.17) is 0 Å². The van der Waals surface area contributed by atoms with E-state index >= 15 is 0 Å². The highest BCUT2D eigenvalue weighted by Gasteiger charge is 2.37. The van der Waals surface area contributed by atoms with Gasteiger partial charge in [-0.05, 0) is 46.9 Å². The Morgan fingerprint density at radius 1 is 0.833 bits per heavy atom. The molecule has 0 fully saturated rings. The summed E-state index contributed by atoms with van der Waals surface area (Å²) < 4.78 is 1.20. The van der Waals surface area contributed by atoms with E-state index in [9.17, 15) is 29.4 Å². The molecule has 0 aliphatic heterocycles. The first-order chi connectivity index (χ1) is 17.1. The summed E-state index contributed by atoms with van der Waals surface area (Å²) in [5, 5.41) is 22.1. The van der Waals surface area contributed by atoms with Gasteiger partial charge in [-0.15, -0.1) is 0 Å². The molecule has 2 amide bonds. The van der Waals surface area contributed by atoms with Crippen LogP contribution in [0.5, 0.6) is 0 Å². The van der Waals surface area contributed by atoms with Crippen LogP contribution in [0.25, 0.3) is 0 Å². The number of carboxylic acid groups (broad SMARTS) is 2. The molecule has 0 spiro atoms. The number of carbonyl (C=O) groups is 4. The predicted molar refractivity (Wildman–Crippen MR) is 142 cm³/mol. The lowest BCUT2D eigenvalue weighted by molar-refractivity contribution is -0.142. The summed E-state index contributed by atoms with van der Waals surface area (Å²) in [7, 11) is 2.24. The number of rotatable bonds is 13. The van der Waals surface area contributed by atoms with Crippen molar-refractivity contribution >= 4 is 45.5 Å². The van der Waals surface area contributed by atoms with Crippen molar-refractivity contribution in [1.29, 1.82) is 0 Å².